The lowest BCUT2D eigenvalue weighted by atomic mass is 10.2. The van der Waals surface area contributed by atoms with E-state index in [1.165, 1.54) is 4.90 Å². The van der Waals surface area contributed by atoms with Gasteiger partial charge in [0.15, 0.2) is 0 Å². The van der Waals surface area contributed by atoms with Crippen LogP contribution in [0.5, 0.6) is 0 Å². The summed E-state index contributed by atoms with van der Waals surface area (Å²) >= 11 is 5.93. The number of aromatic nitrogens is 1. The van der Waals surface area contributed by atoms with Crippen molar-refractivity contribution < 1.29 is 4.79 Å². The van der Waals surface area contributed by atoms with Crippen molar-refractivity contribution in [1.82, 2.24) is 14.8 Å². The predicted molar refractivity (Wildman–Crippen MR) is 104 cm³/mol. The lowest BCUT2D eigenvalue weighted by Gasteiger charge is -2.33. The molecule has 0 radical (unpaired) electrons. The third-order valence-corrected chi connectivity index (χ3v) is 3.98. The Kier molecular flexibility index (Phi) is 9.40. The van der Waals surface area contributed by atoms with Gasteiger partial charge in [-0.15, -0.1) is 12.4 Å². The average Bonchev–Trinajstić information content (AvgIpc) is 2.45. The van der Waals surface area contributed by atoms with Crippen LogP contribution in [0.4, 0.5) is 16.4 Å². The summed E-state index contributed by atoms with van der Waals surface area (Å²) in [5.41, 5.74) is 5.78. The van der Waals surface area contributed by atoms with Crippen molar-refractivity contribution in [3.05, 3.63) is 17.2 Å². The number of halogens is 2. The van der Waals surface area contributed by atoms with Crippen molar-refractivity contribution in [1.29, 1.82) is 0 Å². The molecule has 2 amide bonds. The number of hydrogen-bond donors (Lipinski definition) is 1. The predicted octanol–water partition coefficient (Wildman–Crippen LogP) is 3.35. The van der Waals surface area contributed by atoms with Gasteiger partial charge in [0.25, 0.3) is 0 Å². The standard InChI is InChI=1S/C16H28ClN5O.ClH/c1-11(2)21(12(3)4)9-10-22(16(23)20(5)6)14-8-7-13(17)15(18)19-14;/h7-8,11-12H,9-10H2,1-6H3,(H2,18,19);1H. The molecule has 1 aromatic rings. The quantitative estimate of drug-likeness (QED) is 0.825. The first-order chi connectivity index (χ1) is 10.6. The molecular weight excluding hydrogens is 349 g/mol. The zero-order chi connectivity index (χ0) is 17.7. The van der Waals surface area contributed by atoms with Gasteiger partial charge < -0.3 is 10.6 Å². The van der Waals surface area contributed by atoms with E-state index in [4.69, 9.17) is 17.3 Å². The molecule has 24 heavy (non-hydrogen) atoms. The van der Waals surface area contributed by atoms with Gasteiger partial charge in [-0.05, 0) is 39.8 Å². The summed E-state index contributed by atoms with van der Waals surface area (Å²) in [6, 6.07) is 4.04. The topological polar surface area (TPSA) is 65.7 Å². The molecule has 0 aromatic carbocycles. The second-order valence-corrected chi connectivity index (χ2v) is 6.70. The van der Waals surface area contributed by atoms with Gasteiger partial charge in [-0.2, -0.15) is 0 Å². The van der Waals surface area contributed by atoms with Gasteiger partial charge >= 0.3 is 6.03 Å². The van der Waals surface area contributed by atoms with Crippen molar-refractivity contribution >= 4 is 41.7 Å². The molecule has 1 aromatic heterocycles. The Labute approximate surface area is 156 Å². The van der Waals surface area contributed by atoms with Crippen LogP contribution >= 0.6 is 24.0 Å². The molecule has 0 unspecified atom stereocenters. The molecule has 0 aliphatic heterocycles. The van der Waals surface area contributed by atoms with Crippen LogP contribution < -0.4 is 10.6 Å². The number of carbonyl (C=O) groups is 1. The fraction of sp³-hybridized carbons (Fsp3) is 0.625. The third-order valence-electron chi connectivity index (χ3n) is 3.66. The molecule has 0 saturated heterocycles. The van der Waals surface area contributed by atoms with Gasteiger partial charge in [0.1, 0.15) is 11.6 Å². The Hall–Kier alpha value is -1.24. The lowest BCUT2D eigenvalue weighted by molar-refractivity contribution is 0.177. The van der Waals surface area contributed by atoms with E-state index in [1.54, 1.807) is 31.1 Å². The van der Waals surface area contributed by atoms with Crippen LogP contribution in [0.1, 0.15) is 27.7 Å². The highest BCUT2D eigenvalue weighted by Crippen LogP contribution is 2.21. The van der Waals surface area contributed by atoms with Crippen LogP contribution in [0, 0.1) is 0 Å². The molecule has 0 aliphatic rings. The molecule has 0 atom stereocenters. The van der Waals surface area contributed by atoms with Crippen LogP contribution in [0.15, 0.2) is 12.1 Å². The molecule has 0 bridgehead atoms. The number of anilines is 2. The van der Waals surface area contributed by atoms with Crippen LogP contribution in [0.2, 0.25) is 5.02 Å². The van der Waals surface area contributed by atoms with Crippen LogP contribution in [-0.2, 0) is 0 Å². The maximum Gasteiger partial charge on any atom is 0.325 e. The summed E-state index contributed by atoms with van der Waals surface area (Å²) < 4.78 is 0. The fourth-order valence-corrected chi connectivity index (χ4v) is 2.58. The number of nitrogen functional groups attached to an aromatic ring is 1. The largest absolute Gasteiger partial charge is 0.382 e. The van der Waals surface area contributed by atoms with Crippen molar-refractivity contribution in [3.63, 3.8) is 0 Å². The van der Waals surface area contributed by atoms with E-state index in [2.05, 4.69) is 37.6 Å². The summed E-state index contributed by atoms with van der Waals surface area (Å²) in [4.78, 5) is 22.2. The smallest absolute Gasteiger partial charge is 0.325 e. The zero-order valence-corrected chi connectivity index (χ0v) is 16.9. The monoisotopic (exact) mass is 377 g/mol. The second kappa shape index (κ2) is 9.91. The number of rotatable bonds is 6. The zero-order valence-electron chi connectivity index (χ0n) is 15.3. The first-order valence-corrected chi connectivity index (χ1v) is 8.19. The molecule has 0 aliphatic carbocycles. The van der Waals surface area contributed by atoms with Gasteiger partial charge in [0.05, 0.1) is 5.02 Å². The molecule has 0 spiro atoms. The van der Waals surface area contributed by atoms with Gasteiger partial charge in [-0.1, -0.05) is 11.6 Å². The molecule has 8 heteroatoms. The van der Waals surface area contributed by atoms with Crippen LogP contribution in [-0.4, -0.2) is 60.1 Å². The first kappa shape index (κ1) is 22.8. The third kappa shape index (κ3) is 6.00. The number of carbonyl (C=O) groups excluding carboxylic acids is 1. The van der Waals surface area contributed by atoms with E-state index in [9.17, 15) is 4.79 Å². The van der Waals surface area contributed by atoms with Crippen LogP contribution in [0.25, 0.3) is 0 Å². The highest BCUT2D eigenvalue weighted by molar-refractivity contribution is 6.32. The van der Waals surface area contributed by atoms with Gasteiger partial charge in [-0.3, -0.25) is 9.80 Å². The second-order valence-electron chi connectivity index (χ2n) is 6.29. The normalized spacial score (nSPS) is 10.9. The fourth-order valence-electron chi connectivity index (χ4n) is 2.48. The van der Waals surface area contributed by atoms with E-state index >= 15 is 0 Å². The lowest BCUT2D eigenvalue weighted by Crippen LogP contribution is -2.47. The van der Waals surface area contributed by atoms with E-state index in [0.29, 0.717) is 29.5 Å². The summed E-state index contributed by atoms with van der Waals surface area (Å²) in [5.74, 6) is 0.739. The van der Waals surface area contributed by atoms with E-state index in [0.717, 1.165) is 6.54 Å². The Morgan fingerprint density at radius 2 is 1.71 bits per heavy atom. The minimum atomic E-state index is -0.133. The Morgan fingerprint density at radius 1 is 1.17 bits per heavy atom. The van der Waals surface area contributed by atoms with Crippen molar-refractivity contribution in [2.75, 3.05) is 37.8 Å². The molecule has 1 heterocycles. The summed E-state index contributed by atoms with van der Waals surface area (Å²) in [7, 11) is 3.44. The average molecular weight is 378 g/mol. The first-order valence-electron chi connectivity index (χ1n) is 7.81. The van der Waals surface area contributed by atoms with Crippen LogP contribution in [0.3, 0.4) is 0 Å². The number of amides is 2. The molecule has 2 N–H and O–H groups in total. The minimum absolute atomic E-state index is 0. The molecular formula is C16H29Cl2N5O. The summed E-state index contributed by atoms with van der Waals surface area (Å²) in [6.45, 7) is 9.88. The molecule has 0 fully saturated rings. The summed E-state index contributed by atoms with van der Waals surface area (Å²) in [6.07, 6.45) is 0. The Balaban J connectivity index is 0.00000529. The summed E-state index contributed by atoms with van der Waals surface area (Å²) in [5, 5.41) is 0.386. The van der Waals surface area contributed by atoms with E-state index < -0.39 is 0 Å². The Bertz CT molecular complexity index is 529. The number of urea groups is 1. The number of nitrogens with two attached hydrogens (primary N) is 1. The van der Waals surface area contributed by atoms with Crippen molar-refractivity contribution in [3.8, 4) is 0 Å². The maximum absolute atomic E-state index is 12.5. The van der Waals surface area contributed by atoms with E-state index in [-0.39, 0.29) is 24.3 Å². The van der Waals surface area contributed by atoms with Crippen molar-refractivity contribution in [2.24, 2.45) is 0 Å². The molecule has 6 nitrogen and oxygen atoms in total. The number of hydrogen-bond acceptors (Lipinski definition) is 4. The van der Waals surface area contributed by atoms with Gasteiger partial charge in [-0.25, -0.2) is 9.78 Å². The number of pyridine rings is 1. The molecule has 0 saturated carbocycles. The highest BCUT2D eigenvalue weighted by Gasteiger charge is 2.22. The Morgan fingerprint density at radius 3 is 2.12 bits per heavy atom. The molecule has 1 rings (SSSR count). The van der Waals surface area contributed by atoms with Crippen molar-refractivity contribution in [2.45, 2.75) is 39.8 Å². The minimum Gasteiger partial charge on any atom is -0.382 e. The SMILES string of the molecule is CC(C)N(CCN(C(=O)N(C)C)c1ccc(Cl)c(N)n1)C(C)C.Cl. The highest BCUT2D eigenvalue weighted by atomic mass is 35.5. The molecule has 138 valence electrons. The number of nitrogens with zero attached hydrogens (tertiary/aromatic N) is 4. The van der Waals surface area contributed by atoms with Gasteiger partial charge in [0, 0.05) is 39.3 Å². The maximum atomic E-state index is 12.5. The van der Waals surface area contributed by atoms with E-state index in [1.807, 2.05) is 0 Å². The van der Waals surface area contributed by atoms with Gasteiger partial charge in [0.2, 0.25) is 0 Å².